The summed E-state index contributed by atoms with van der Waals surface area (Å²) < 4.78 is 38.8. The summed E-state index contributed by atoms with van der Waals surface area (Å²) >= 11 is 0. The van der Waals surface area contributed by atoms with Crippen LogP contribution >= 0.6 is 0 Å². The largest absolute Gasteiger partial charge is 0.483 e. The molecule has 0 spiro atoms. The van der Waals surface area contributed by atoms with Crippen molar-refractivity contribution >= 4 is 27.5 Å². The summed E-state index contributed by atoms with van der Waals surface area (Å²) in [6, 6.07) is 7.79. The number of ether oxygens (including phenoxy) is 2. The molecule has 1 N–H and O–H groups in total. The van der Waals surface area contributed by atoms with E-state index in [2.05, 4.69) is 4.98 Å². The van der Waals surface area contributed by atoms with Gasteiger partial charge >= 0.3 is 0 Å². The molecule has 1 aliphatic heterocycles. The van der Waals surface area contributed by atoms with Gasteiger partial charge in [-0.1, -0.05) is 12.1 Å². The number of nitrogens with zero attached hydrogens (tertiary/aromatic N) is 3. The average Bonchev–Trinajstić information content (AvgIpc) is 3.04. The van der Waals surface area contributed by atoms with Crippen molar-refractivity contribution in [1.29, 1.82) is 0 Å². The standard InChI is InChI=1S/C15H21N3O4S.CH2O2/c1-17(23(19,20)11-13-10-21-8-9-22-13)6-7-18-12-16-14-4-2-3-5-15(14)18;2-1-3/h2-5,12-13H,6-11H2,1H3;1H,(H,2,3). The maximum atomic E-state index is 12.4. The van der Waals surface area contributed by atoms with Gasteiger partial charge in [0.1, 0.15) is 0 Å². The van der Waals surface area contributed by atoms with Crippen molar-refractivity contribution < 1.29 is 27.8 Å². The van der Waals surface area contributed by atoms with Crippen LogP contribution in [0.2, 0.25) is 0 Å². The fraction of sp³-hybridized carbons (Fsp3) is 0.500. The summed E-state index contributed by atoms with van der Waals surface area (Å²) in [6.45, 7) is 2.00. The van der Waals surface area contributed by atoms with Gasteiger partial charge in [-0.05, 0) is 12.1 Å². The van der Waals surface area contributed by atoms with Gasteiger partial charge in [0.2, 0.25) is 10.0 Å². The molecule has 1 aromatic carbocycles. The van der Waals surface area contributed by atoms with Crippen molar-refractivity contribution in [3.8, 4) is 0 Å². The second-order valence-corrected chi connectivity index (χ2v) is 7.82. The lowest BCUT2D eigenvalue weighted by Gasteiger charge is -2.25. The summed E-state index contributed by atoms with van der Waals surface area (Å²) in [5.74, 6) is -0.0474. The maximum Gasteiger partial charge on any atom is 0.290 e. The minimum absolute atomic E-state index is 0.0474. The van der Waals surface area contributed by atoms with Crippen LogP contribution in [0, 0.1) is 0 Å². The first-order chi connectivity index (χ1) is 12.5. The summed E-state index contributed by atoms with van der Waals surface area (Å²) in [5.41, 5.74) is 1.91. The highest BCUT2D eigenvalue weighted by Crippen LogP contribution is 2.13. The molecule has 1 saturated heterocycles. The van der Waals surface area contributed by atoms with Gasteiger partial charge in [0, 0.05) is 20.1 Å². The van der Waals surface area contributed by atoms with Gasteiger partial charge in [0.05, 0.1) is 49.0 Å². The van der Waals surface area contributed by atoms with Crippen molar-refractivity contribution in [2.45, 2.75) is 12.6 Å². The molecular formula is C16H23N3O6S. The van der Waals surface area contributed by atoms with Crippen molar-refractivity contribution in [3.05, 3.63) is 30.6 Å². The summed E-state index contributed by atoms with van der Waals surface area (Å²) in [5, 5.41) is 6.89. The third-order valence-electron chi connectivity index (χ3n) is 3.94. The Balaban J connectivity index is 0.000000758. The highest BCUT2D eigenvalue weighted by atomic mass is 32.2. The fourth-order valence-electron chi connectivity index (χ4n) is 2.57. The van der Waals surface area contributed by atoms with Crippen LogP contribution in [0.4, 0.5) is 0 Å². The van der Waals surface area contributed by atoms with E-state index in [0.717, 1.165) is 11.0 Å². The second kappa shape index (κ2) is 9.62. The lowest BCUT2D eigenvalue weighted by Crippen LogP contribution is -2.40. The van der Waals surface area contributed by atoms with Crippen molar-refractivity contribution in [2.24, 2.45) is 0 Å². The van der Waals surface area contributed by atoms with E-state index in [1.165, 1.54) is 4.31 Å². The molecule has 2 aromatic rings. The van der Waals surface area contributed by atoms with Crippen LogP contribution in [0.1, 0.15) is 0 Å². The molecule has 0 saturated carbocycles. The lowest BCUT2D eigenvalue weighted by atomic mass is 10.3. The Bertz CT molecular complexity index is 801. The van der Waals surface area contributed by atoms with Crippen LogP contribution in [0.25, 0.3) is 11.0 Å². The third-order valence-corrected chi connectivity index (χ3v) is 5.86. The number of sulfonamides is 1. The van der Waals surface area contributed by atoms with E-state index in [9.17, 15) is 8.42 Å². The predicted octanol–water partition coefficient (Wildman–Crippen LogP) is 0.414. The number of benzene rings is 1. The van der Waals surface area contributed by atoms with E-state index < -0.39 is 10.0 Å². The van der Waals surface area contributed by atoms with Crippen molar-refractivity contribution in [2.75, 3.05) is 39.2 Å². The molecule has 1 fully saturated rings. The highest BCUT2D eigenvalue weighted by Gasteiger charge is 2.26. The van der Waals surface area contributed by atoms with Gasteiger partial charge in [-0.3, -0.25) is 4.79 Å². The minimum Gasteiger partial charge on any atom is -0.483 e. The van der Waals surface area contributed by atoms with E-state index in [1.807, 2.05) is 28.8 Å². The van der Waals surface area contributed by atoms with Gasteiger partial charge in [-0.2, -0.15) is 0 Å². The number of para-hydroxylation sites is 2. The Kier molecular flexibility index (Phi) is 7.51. The van der Waals surface area contributed by atoms with E-state index in [-0.39, 0.29) is 18.3 Å². The zero-order chi connectivity index (χ0) is 19.0. The molecule has 1 atom stereocenters. The average molecular weight is 385 g/mol. The number of fused-ring (bicyclic) bond motifs is 1. The van der Waals surface area contributed by atoms with E-state index >= 15 is 0 Å². The number of hydrogen-bond donors (Lipinski definition) is 1. The summed E-state index contributed by atoms with van der Waals surface area (Å²) in [4.78, 5) is 12.7. The first kappa shape index (κ1) is 20.3. The number of imidazole rings is 1. The fourth-order valence-corrected chi connectivity index (χ4v) is 3.85. The zero-order valence-corrected chi connectivity index (χ0v) is 15.3. The first-order valence-corrected chi connectivity index (χ1v) is 9.70. The number of aromatic nitrogens is 2. The molecule has 1 unspecified atom stereocenters. The summed E-state index contributed by atoms with van der Waals surface area (Å²) in [7, 11) is -1.78. The number of likely N-dealkylation sites (N-methyl/N-ethyl adjacent to an activating group) is 1. The first-order valence-electron chi connectivity index (χ1n) is 8.09. The van der Waals surface area contributed by atoms with Crippen LogP contribution in [0.15, 0.2) is 30.6 Å². The molecule has 3 rings (SSSR count). The smallest absolute Gasteiger partial charge is 0.290 e. The topological polar surface area (TPSA) is 111 Å². The Labute approximate surface area is 152 Å². The molecular weight excluding hydrogens is 362 g/mol. The monoisotopic (exact) mass is 385 g/mol. The lowest BCUT2D eigenvalue weighted by molar-refractivity contribution is -0.122. The Morgan fingerprint density at radius 3 is 2.81 bits per heavy atom. The van der Waals surface area contributed by atoms with Crippen LogP contribution in [0.3, 0.4) is 0 Å². The van der Waals surface area contributed by atoms with Gasteiger partial charge in [-0.15, -0.1) is 0 Å². The molecule has 0 bridgehead atoms. The molecule has 1 aromatic heterocycles. The van der Waals surface area contributed by atoms with Crippen molar-refractivity contribution in [3.63, 3.8) is 0 Å². The minimum atomic E-state index is -3.37. The van der Waals surface area contributed by atoms with Gasteiger partial charge in [-0.25, -0.2) is 17.7 Å². The molecule has 144 valence electrons. The molecule has 26 heavy (non-hydrogen) atoms. The van der Waals surface area contributed by atoms with E-state index in [1.54, 1.807) is 13.4 Å². The number of carbonyl (C=O) groups is 1. The molecule has 2 heterocycles. The number of hydrogen-bond acceptors (Lipinski definition) is 6. The Morgan fingerprint density at radius 1 is 1.38 bits per heavy atom. The van der Waals surface area contributed by atoms with Crippen LogP contribution in [-0.4, -0.2) is 79.1 Å². The SMILES string of the molecule is CN(CCn1cnc2ccccc21)S(=O)(=O)CC1COCCO1.O=CO. The van der Waals surface area contributed by atoms with Crippen LogP contribution in [-0.2, 0) is 30.8 Å². The van der Waals surface area contributed by atoms with Crippen LogP contribution < -0.4 is 0 Å². The maximum absolute atomic E-state index is 12.4. The molecule has 9 nitrogen and oxygen atoms in total. The molecule has 0 radical (unpaired) electrons. The van der Waals surface area contributed by atoms with Gasteiger partial charge in [0.25, 0.3) is 6.47 Å². The number of carboxylic acid groups (broad SMARTS) is 1. The molecule has 10 heteroatoms. The van der Waals surface area contributed by atoms with Gasteiger partial charge in [0.15, 0.2) is 0 Å². The second-order valence-electron chi connectivity index (χ2n) is 5.70. The summed E-state index contributed by atoms with van der Waals surface area (Å²) in [6.07, 6.45) is 1.36. The Hall–Kier alpha value is -2.01. The Morgan fingerprint density at radius 2 is 2.12 bits per heavy atom. The molecule has 0 amide bonds. The number of rotatable bonds is 6. The molecule has 1 aliphatic rings. The zero-order valence-electron chi connectivity index (χ0n) is 14.5. The normalized spacial score (nSPS) is 17.7. The third kappa shape index (κ3) is 5.49. The van der Waals surface area contributed by atoms with E-state index in [4.69, 9.17) is 19.4 Å². The van der Waals surface area contributed by atoms with Gasteiger partial charge < -0.3 is 19.1 Å². The van der Waals surface area contributed by atoms with E-state index in [0.29, 0.717) is 32.9 Å². The quantitative estimate of drug-likeness (QED) is 0.717. The van der Waals surface area contributed by atoms with Crippen LogP contribution in [0.5, 0.6) is 0 Å². The highest BCUT2D eigenvalue weighted by molar-refractivity contribution is 7.89. The predicted molar refractivity (Wildman–Crippen MR) is 95.4 cm³/mol. The van der Waals surface area contributed by atoms with Crippen molar-refractivity contribution in [1.82, 2.24) is 13.9 Å². The molecule has 0 aliphatic carbocycles.